The molecule has 0 spiro atoms. The Balaban J connectivity index is 1.20. The van der Waals surface area contributed by atoms with Crippen LogP contribution in [-0.2, 0) is 0 Å². The maximum absolute atomic E-state index is 12.3. The molecule has 1 aromatic rings. The highest BCUT2D eigenvalue weighted by Gasteiger charge is 2.39. The number of hydrogen-bond acceptors (Lipinski definition) is 4. The summed E-state index contributed by atoms with van der Waals surface area (Å²) in [6.07, 6.45) is 6.94. The van der Waals surface area contributed by atoms with Gasteiger partial charge in [0.25, 0.3) is 0 Å². The number of halogens is 1. The van der Waals surface area contributed by atoms with E-state index in [2.05, 4.69) is 26.8 Å². The smallest absolute Gasteiger partial charge is 0.345 e. The van der Waals surface area contributed by atoms with Crippen molar-refractivity contribution in [3.8, 4) is 0 Å². The van der Waals surface area contributed by atoms with Gasteiger partial charge in [0.15, 0.2) is 6.67 Å². The lowest BCUT2D eigenvalue weighted by molar-refractivity contribution is -0.651. The van der Waals surface area contributed by atoms with Crippen LogP contribution in [0.5, 0.6) is 0 Å². The monoisotopic (exact) mass is 374 g/mol. The molecule has 1 aromatic carbocycles. The molecule has 0 radical (unpaired) electrons. The highest BCUT2D eigenvalue weighted by atomic mass is 35.5. The van der Waals surface area contributed by atoms with E-state index in [1.165, 1.54) is 5.69 Å². The van der Waals surface area contributed by atoms with Crippen molar-refractivity contribution in [3.05, 3.63) is 58.2 Å². The van der Waals surface area contributed by atoms with E-state index in [1.54, 1.807) is 0 Å². The maximum Gasteiger partial charge on any atom is 0.345 e. The van der Waals surface area contributed by atoms with Crippen LogP contribution < -0.4 is 4.90 Å². The van der Waals surface area contributed by atoms with E-state index >= 15 is 0 Å². The summed E-state index contributed by atoms with van der Waals surface area (Å²) in [6.45, 7) is 7.49. The van der Waals surface area contributed by atoms with E-state index < -0.39 is 0 Å². The first kappa shape index (κ1) is 17.4. The maximum atomic E-state index is 12.3. The van der Waals surface area contributed by atoms with Gasteiger partial charge in [-0.05, 0) is 35.6 Å². The Kier molecular flexibility index (Phi) is 5.13. The van der Waals surface area contributed by atoms with Crippen LogP contribution in [-0.4, -0.2) is 72.2 Å². The van der Waals surface area contributed by atoms with Crippen LogP contribution in [0.15, 0.2) is 48.3 Å². The van der Waals surface area contributed by atoms with E-state index in [0.29, 0.717) is 6.67 Å². The number of anilines is 1. The summed E-state index contributed by atoms with van der Waals surface area (Å²) in [5.74, 6) is 0.766. The molecular weight excluding hydrogens is 350 g/mol. The molecule has 3 aliphatic heterocycles. The molecule has 4 rings (SSSR count). The zero-order valence-electron chi connectivity index (χ0n) is 14.9. The van der Waals surface area contributed by atoms with Crippen LogP contribution in [0.3, 0.4) is 0 Å². The third kappa shape index (κ3) is 3.71. The molecule has 138 valence electrons. The summed E-state index contributed by atoms with van der Waals surface area (Å²) in [7, 11) is 0. The van der Waals surface area contributed by atoms with Gasteiger partial charge in [-0.25, -0.2) is 4.90 Å². The van der Waals surface area contributed by atoms with Gasteiger partial charge in [-0.3, -0.25) is 4.90 Å². The fraction of sp³-hybridized carbons (Fsp3) is 0.474. The van der Waals surface area contributed by atoms with Gasteiger partial charge in [-0.1, -0.05) is 23.7 Å². The van der Waals surface area contributed by atoms with Crippen molar-refractivity contribution < 1.29 is 4.87 Å². The van der Waals surface area contributed by atoms with Crippen LogP contribution in [0.2, 0.25) is 5.02 Å². The molecule has 2 fully saturated rings. The number of piperazine rings is 1. The minimum Gasteiger partial charge on any atom is -0.369 e. The standard InChI is InChI=1S/C19H25ClN5O/c20-17-5-3-6-18(15-17)22-13-11-21(12-14-22)8-4-10-24-16-23-9-2-1-7-19(23)25(24)26/h1-3,5-7,15H,4,8-14,16H2/q+1. The average molecular weight is 375 g/mol. The van der Waals surface area contributed by atoms with Gasteiger partial charge in [-0.15, -0.1) is 0 Å². The van der Waals surface area contributed by atoms with Gasteiger partial charge >= 0.3 is 5.82 Å². The number of hydrogen-bond donors (Lipinski definition) is 0. The number of allylic oxidation sites excluding steroid dienone is 2. The Bertz CT molecular complexity index is 726. The van der Waals surface area contributed by atoms with E-state index in [1.807, 2.05) is 35.4 Å². The summed E-state index contributed by atoms with van der Waals surface area (Å²) in [5.41, 5.74) is 1.20. The highest BCUT2D eigenvalue weighted by Crippen LogP contribution is 2.22. The second-order valence-electron chi connectivity index (χ2n) is 6.98. The summed E-state index contributed by atoms with van der Waals surface area (Å²) >= 11 is 6.10. The van der Waals surface area contributed by atoms with E-state index in [0.717, 1.165) is 67.9 Å². The highest BCUT2D eigenvalue weighted by molar-refractivity contribution is 6.30. The van der Waals surface area contributed by atoms with E-state index in [9.17, 15) is 4.91 Å². The summed E-state index contributed by atoms with van der Waals surface area (Å²) in [4.78, 5) is 20.4. The number of benzene rings is 1. The van der Waals surface area contributed by atoms with Crippen molar-refractivity contribution in [3.63, 3.8) is 0 Å². The van der Waals surface area contributed by atoms with E-state index in [-0.39, 0.29) is 0 Å². The minimum atomic E-state index is 0.697. The Hall–Kier alpha value is -2.05. The zero-order valence-corrected chi connectivity index (χ0v) is 15.7. The molecule has 0 saturated carbocycles. The Morgan fingerprint density at radius 1 is 1.08 bits per heavy atom. The molecule has 2 saturated heterocycles. The van der Waals surface area contributed by atoms with Gasteiger partial charge in [-0.2, -0.15) is 5.01 Å². The van der Waals surface area contributed by atoms with Gasteiger partial charge in [0.2, 0.25) is 0 Å². The van der Waals surface area contributed by atoms with Crippen molar-refractivity contribution in [1.29, 1.82) is 0 Å². The number of rotatable bonds is 5. The molecule has 0 bridgehead atoms. The zero-order chi connectivity index (χ0) is 17.9. The lowest BCUT2D eigenvalue weighted by Gasteiger charge is -2.36. The molecule has 26 heavy (non-hydrogen) atoms. The molecule has 7 heteroatoms. The second-order valence-corrected chi connectivity index (χ2v) is 7.42. The van der Waals surface area contributed by atoms with Gasteiger partial charge in [0.1, 0.15) is 6.54 Å². The molecule has 0 N–H and O–H groups in total. The molecule has 0 unspecified atom stereocenters. The Labute approximate surface area is 159 Å². The second kappa shape index (κ2) is 7.68. The number of nitrogens with zero attached hydrogens (tertiary/aromatic N) is 5. The largest absolute Gasteiger partial charge is 0.369 e. The van der Waals surface area contributed by atoms with Gasteiger partial charge in [0.05, 0.1) is 11.4 Å². The first-order valence-electron chi connectivity index (χ1n) is 9.27. The van der Waals surface area contributed by atoms with Crippen LogP contribution in [0.1, 0.15) is 6.42 Å². The topological polar surface area (TPSA) is 33.0 Å². The van der Waals surface area contributed by atoms with Crippen LogP contribution in [0, 0.1) is 4.91 Å². The van der Waals surface area contributed by atoms with Crippen molar-refractivity contribution in [1.82, 2.24) is 14.8 Å². The first-order valence-corrected chi connectivity index (χ1v) is 9.65. The molecule has 6 nitrogen and oxygen atoms in total. The number of fused-ring (bicyclic) bond motifs is 1. The molecule has 3 heterocycles. The Morgan fingerprint density at radius 3 is 2.69 bits per heavy atom. The molecule has 0 aliphatic carbocycles. The van der Waals surface area contributed by atoms with Crippen molar-refractivity contribution in [2.24, 2.45) is 0 Å². The Morgan fingerprint density at radius 2 is 1.92 bits per heavy atom. The average Bonchev–Trinajstić information content (AvgIpc) is 2.99. The predicted octanol–water partition coefficient (Wildman–Crippen LogP) is 2.53. The van der Waals surface area contributed by atoms with Gasteiger partial charge in [0, 0.05) is 49.5 Å². The quantitative estimate of drug-likeness (QED) is 0.740. The molecule has 3 aliphatic rings. The molecule has 0 atom stereocenters. The summed E-state index contributed by atoms with van der Waals surface area (Å²) < 4.78 is 0. The van der Waals surface area contributed by atoms with Gasteiger partial charge < -0.3 is 4.90 Å². The fourth-order valence-electron chi connectivity index (χ4n) is 3.80. The predicted molar refractivity (Wildman–Crippen MR) is 104 cm³/mol. The van der Waals surface area contributed by atoms with Crippen molar-refractivity contribution in [2.75, 3.05) is 57.4 Å². The van der Waals surface area contributed by atoms with Crippen molar-refractivity contribution in [2.45, 2.75) is 6.42 Å². The van der Waals surface area contributed by atoms with Crippen LogP contribution in [0.25, 0.3) is 0 Å². The normalized spacial score (nSPS) is 20.6. The fourth-order valence-corrected chi connectivity index (χ4v) is 3.98. The molecule has 0 aromatic heterocycles. The summed E-state index contributed by atoms with van der Waals surface area (Å²) in [5, 5.41) is 2.68. The third-order valence-corrected chi connectivity index (χ3v) is 5.49. The molecular formula is C19H25ClN5O+. The van der Waals surface area contributed by atoms with Crippen LogP contribution >= 0.6 is 11.6 Å². The molecule has 0 amide bonds. The van der Waals surface area contributed by atoms with E-state index in [4.69, 9.17) is 11.6 Å². The third-order valence-electron chi connectivity index (χ3n) is 5.25. The first-order chi connectivity index (χ1) is 12.7. The van der Waals surface area contributed by atoms with Crippen LogP contribution in [0.4, 0.5) is 5.69 Å². The number of hydrazine groups is 1. The lowest BCUT2D eigenvalue weighted by atomic mass is 10.2. The number of nitroso groups, excluding NO2 is 1. The summed E-state index contributed by atoms with van der Waals surface area (Å²) in [6, 6.07) is 8.08. The van der Waals surface area contributed by atoms with Crippen molar-refractivity contribution >= 4 is 17.3 Å². The lowest BCUT2D eigenvalue weighted by Crippen LogP contribution is -2.47. The SMILES string of the molecule is O=[N+]1C2=CC=CCN2CN1CCCN1CCN(c2cccc(Cl)c2)CC1. The minimum absolute atomic E-state index is 0.697.